The minimum absolute atomic E-state index is 0.307. The minimum Gasteiger partial charge on any atom is -0.340 e. The summed E-state index contributed by atoms with van der Waals surface area (Å²) in [5.41, 5.74) is 0.616. The van der Waals surface area contributed by atoms with Crippen LogP contribution in [0.5, 0.6) is 0 Å². The first-order chi connectivity index (χ1) is 15.0. The Kier molecular flexibility index (Phi) is 6.22. The van der Waals surface area contributed by atoms with Crippen LogP contribution in [0.25, 0.3) is 11.2 Å². The number of nitrogens with one attached hydrogen (secondary N) is 1. The first kappa shape index (κ1) is 21.3. The summed E-state index contributed by atoms with van der Waals surface area (Å²) >= 11 is 0. The molecule has 1 N–H and O–H groups in total. The number of aryl methyl sites for hydroxylation is 1. The molecule has 0 radical (unpaired) electrons. The van der Waals surface area contributed by atoms with Gasteiger partial charge in [0.1, 0.15) is 5.82 Å². The lowest BCUT2D eigenvalue weighted by Gasteiger charge is -2.35. The molecule has 0 saturated carbocycles. The number of hydrogen-bond donors (Lipinski definition) is 1. The van der Waals surface area contributed by atoms with Crippen LogP contribution >= 0.6 is 0 Å². The van der Waals surface area contributed by atoms with Crippen molar-refractivity contribution < 1.29 is 4.39 Å². The van der Waals surface area contributed by atoms with E-state index in [9.17, 15) is 14.0 Å². The van der Waals surface area contributed by atoms with Crippen LogP contribution in [0.1, 0.15) is 31.7 Å². The van der Waals surface area contributed by atoms with E-state index >= 15 is 0 Å². The summed E-state index contributed by atoms with van der Waals surface area (Å²) in [5, 5.41) is 0. The molecule has 4 rings (SSSR count). The molecule has 31 heavy (non-hydrogen) atoms. The fourth-order valence-electron chi connectivity index (χ4n) is 4.14. The summed E-state index contributed by atoms with van der Waals surface area (Å²) in [6.07, 6.45) is 3.65. The van der Waals surface area contributed by atoms with Crippen molar-refractivity contribution in [2.75, 3.05) is 37.6 Å². The number of aromatic amines is 1. The van der Waals surface area contributed by atoms with E-state index in [1.54, 1.807) is 19.2 Å². The van der Waals surface area contributed by atoms with Crippen LogP contribution < -0.4 is 16.1 Å². The number of hydrogen-bond acceptors (Lipinski definition) is 5. The molecule has 9 heteroatoms. The van der Waals surface area contributed by atoms with Crippen LogP contribution in [0.4, 0.5) is 10.3 Å². The molecule has 8 nitrogen and oxygen atoms in total. The highest BCUT2D eigenvalue weighted by atomic mass is 19.1. The number of fused-ring (bicyclic) bond motifs is 1. The van der Waals surface area contributed by atoms with Crippen molar-refractivity contribution in [3.8, 4) is 0 Å². The maximum atomic E-state index is 13.4. The lowest BCUT2D eigenvalue weighted by molar-refractivity contribution is 0.251. The molecule has 3 heterocycles. The monoisotopic (exact) mass is 428 g/mol. The van der Waals surface area contributed by atoms with Crippen molar-refractivity contribution in [3.05, 3.63) is 56.5 Å². The summed E-state index contributed by atoms with van der Waals surface area (Å²) in [6, 6.07) is 6.21. The zero-order chi connectivity index (χ0) is 22.0. The topological polar surface area (TPSA) is 79.2 Å². The van der Waals surface area contributed by atoms with Gasteiger partial charge >= 0.3 is 5.69 Å². The zero-order valence-electron chi connectivity index (χ0n) is 18.1. The predicted molar refractivity (Wildman–Crippen MR) is 119 cm³/mol. The zero-order valence-corrected chi connectivity index (χ0v) is 18.1. The highest BCUT2D eigenvalue weighted by Crippen LogP contribution is 2.22. The maximum absolute atomic E-state index is 13.4. The molecule has 1 saturated heterocycles. The van der Waals surface area contributed by atoms with E-state index in [2.05, 4.69) is 21.7 Å². The SMILES string of the molecule is CCCCCN1CCN(c2nc3c(c(=O)[nH]c(=O)n3C)n2Cc2ccc(F)cc2)CC1. The Balaban J connectivity index is 1.68. The number of imidazole rings is 1. The van der Waals surface area contributed by atoms with E-state index in [1.807, 2.05) is 4.57 Å². The van der Waals surface area contributed by atoms with Gasteiger partial charge in [-0.15, -0.1) is 0 Å². The van der Waals surface area contributed by atoms with Crippen molar-refractivity contribution in [2.24, 2.45) is 7.05 Å². The Morgan fingerprint density at radius 3 is 2.45 bits per heavy atom. The van der Waals surface area contributed by atoms with Crippen molar-refractivity contribution in [2.45, 2.75) is 32.7 Å². The summed E-state index contributed by atoms with van der Waals surface area (Å²) < 4.78 is 16.6. The average Bonchev–Trinajstić information content (AvgIpc) is 3.14. The second-order valence-electron chi connectivity index (χ2n) is 8.15. The average molecular weight is 429 g/mol. The highest BCUT2D eigenvalue weighted by Gasteiger charge is 2.25. The second kappa shape index (κ2) is 9.05. The number of unbranched alkanes of at least 4 members (excludes halogenated alkanes) is 2. The number of aromatic nitrogens is 4. The third-order valence-corrected chi connectivity index (χ3v) is 5.97. The van der Waals surface area contributed by atoms with Gasteiger partial charge in [-0.3, -0.25) is 23.8 Å². The number of rotatable bonds is 7. The smallest absolute Gasteiger partial charge is 0.329 e. The van der Waals surface area contributed by atoms with Gasteiger partial charge in [-0.1, -0.05) is 31.9 Å². The molecule has 166 valence electrons. The number of H-pyrrole nitrogens is 1. The predicted octanol–water partition coefficient (Wildman–Crippen LogP) is 1.92. The molecule has 0 spiro atoms. The molecule has 1 aliphatic rings. The van der Waals surface area contributed by atoms with Crippen molar-refractivity contribution in [1.29, 1.82) is 0 Å². The molecule has 0 aliphatic carbocycles. The first-order valence-corrected chi connectivity index (χ1v) is 10.9. The van der Waals surface area contributed by atoms with Gasteiger partial charge in [-0.05, 0) is 30.7 Å². The van der Waals surface area contributed by atoms with Gasteiger partial charge in [-0.25, -0.2) is 9.18 Å². The molecular weight excluding hydrogens is 399 g/mol. The largest absolute Gasteiger partial charge is 0.340 e. The molecule has 0 unspecified atom stereocenters. The maximum Gasteiger partial charge on any atom is 0.329 e. The van der Waals surface area contributed by atoms with Crippen LogP contribution in [0.2, 0.25) is 0 Å². The second-order valence-corrected chi connectivity index (χ2v) is 8.15. The van der Waals surface area contributed by atoms with E-state index in [4.69, 9.17) is 4.98 Å². The van der Waals surface area contributed by atoms with Gasteiger partial charge in [0.05, 0.1) is 6.54 Å². The van der Waals surface area contributed by atoms with Crippen LogP contribution in [0.15, 0.2) is 33.9 Å². The van der Waals surface area contributed by atoms with Gasteiger partial charge in [0.2, 0.25) is 5.95 Å². The fraction of sp³-hybridized carbons (Fsp3) is 0.500. The minimum atomic E-state index is -0.490. The van der Waals surface area contributed by atoms with E-state index in [-0.39, 0.29) is 5.82 Å². The molecule has 0 bridgehead atoms. The third kappa shape index (κ3) is 4.41. The quantitative estimate of drug-likeness (QED) is 0.582. The lowest BCUT2D eigenvalue weighted by atomic mass is 10.2. The van der Waals surface area contributed by atoms with Gasteiger partial charge in [-0.2, -0.15) is 4.98 Å². The Morgan fingerprint density at radius 2 is 1.77 bits per heavy atom. The molecule has 2 aromatic heterocycles. The van der Waals surface area contributed by atoms with Crippen molar-refractivity contribution in [3.63, 3.8) is 0 Å². The van der Waals surface area contributed by atoms with Gasteiger partial charge in [0.25, 0.3) is 5.56 Å². The summed E-state index contributed by atoms with van der Waals surface area (Å²) in [5.74, 6) is 0.359. The number of anilines is 1. The van der Waals surface area contributed by atoms with E-state index in [0.29, 0.717) is 23.7 Å². The van der Waals surface area contributed by atoms with E-state index < -0.39 is 11.2 Å². The van der Waals surface area contributed by atoms with Crippen LogP contribution in [-0.4, -0.2) is 56.7 Å². The van der Waals surface area contributed by atoms with Crippen LogP contribution in [0.3, 0.4) is 0 Å². The highest BCUT2D eigenvalue weighted by molar-refractivity contribution is 5.74. The summed E-state index contributed by atoms with van der Waals surface area (Å²) in [7, 11) is 1.60. The molecule has 1 fully saturated rings. The Bertz CT molecular complexity index is 1160. The van der Waals surface area contributed by atoms with Crippen LogP contribution in [-0.2, 0) is 13.6 Å². The molecule has 0 amide bonds. The number of benzene rings is 1. The van der Waals surface area contributed by atoms with Crippen LogP contribution in [0, 0.1) is 5.82 Å². The van der Waals surface area contributed by atoms with Gasteiger partial charge in [0, 0.05) is 33.2 Å². The Hall–Kier alpha value is -2.94. The molecule has 3 aromatic rings. The van der Waals surface area contributed by atoms with Crippen molar-refractivity contribution >= 4 is 17.1 Å². The number of piperazine rings is 1. The van der Waals surface area contributed by atoms with E-state index in [1.165, 1.54) is 36.0 Å². The lowest BCUT2D eigenvalue weighted by Crippen LogP contribution is -2.47. The molecule has 1 aliphatic heterocycles. The van der Waals surface area contributed by atoms with Gasteiger partial charge in [0.15, 0.2) is 11.2 Å². The number of nitrogens with zero attached hydrogens (tertiary/aromatic N) is 5. The van der Waals surface area contributed by atoms with E-state index in [0.717, 1.165) is 38.3 Å². The molecule has 0 atom stereocenters. The summed E-state index contributed by atoms with van der Waals surface area (Å²) in [6.45, 7) is 7.12. The standard InChI is InChI=1S/C22H29FN6O2/c1-3-4-5-10-27-11-13-28(14-12-27)21-24-19-18(20(30)25-22(31)26(19)2)29(21)15-16-6-8-17(23)9-7-16/h6-9H,3-5,10-15H2,1-2H3,(H,25,30,31). The Morgan fingerprint density at radius 1 is 1.06 bits per heavy atom. The molecular formula is C22H29FN6O2. The molecule has 1 aromatic carbocycles. The fourth-order valence-corrected chi connectivity index (χ4v) is 4.14. The Labute approximate surface area is 179 Å². The third-order valence-electron chi connectivity index (χ3n) is 5.97. The number of halogens is 1. The summed E-state index contributed by atoms with van der Waals surface area (Å²) in [4.78, 5) is 36.5. The first-order valence-electron chi connectivity index (χ1n) is 10.9. The van der Waals surface area contributed by atoms with Crippen molar-refractivity contribution in [1.82, 2.24) is 24.0 Å². The normalized spacial score (nSPS) is 15.1. The van der Waals surface area contributed by atoms with Gasteiger partial charge < -0.3 is 4.90 Å².